The summed E-state index contributed by atoms with van der Waals surface area (Å²) < 4.78 is 11.7. The molecule has 0 saturated heterocycles. The molecule has 1 aromatic carbocycles. The largest absolute Gasteiger partial charge is 0.466 e. The number of carbonyl (C=O) groups is 4. The van der Waals surface area contributed by atoms with Gasteiger partial charge in [0.2, 0.25) is 11.8 Å². The van der Waals surface area contributed by atoms with E-state index in [1.807, 2.05) is 24.1 Å². The Morgan fingerprint density at radius 1 is 1.13 bits per heavy atom. The Morgan fingerprint density at radius 3 is 2.68 bits per heavy atom. The molecule has 4 unspecified atom stereocenters. The predicted octanol–water partition coefficient (Wildman–Crippen LogP) is 4.82. The van der Waals surface area contributed by atoms with Crippen molar-refractivity contribution in [2.45, 2.75) is 77.4 Å². The molecule has 2 aliphatic carbocycles. The molecule has 3 aromatic rings. The van der Waals surface area contributed by atoms with E-state index in [4.69, 9.17) is 4.42 Å². The number of para-hydroxylation sites is 1. The van der Waals surface area contributed by atoms with Crippen molar-refractivity contribution in [2.24, 2.45) is 17.8 Å². The van der Waals surface area contributed by atoms with Crippen molar-refractivity contribution in [3.63, 3.8) is 0 Å². The van der Waals surface area contributed by atoms with Crippen LogP contribution in [0, 0.1) is 24.7 Å². The number of aromatic nitrogens is 1. The van der Waals surface area contributed by atoms with Crippen LogP contribution in [0.4, 0.5) is 5.69 Å². The van der Waals surface area contributed by atoms with E-state index in [0.717, 1.165) is 30.6 Å². The summed E-state index contributed by atoms with van der Waals surface area (Å²) in [6.07, 6.45) is 10.6. The van der Waals surface area contributed by atoms with E-state index in [2.05, 4.69) is 22.3 Å². The molecule has 2 fully saturated rings. The Kier molecular flexibility index (Phi) is 10.6. The minimum absolute atomic E-state index is 0.0154. The highest BCUT2D eigenvalue weighted by atomic mass is 16.5. The van der Waals surface area contributed by atoms with E-state index >= 15 is 0 Å². The lowest BCUT2D eigenvalue weighted by Gasteiger charge is -2.48. The van der Waals surface area contributed by atoms with E-state index in [1.54, 1.807) is 31.2 Å². The van der Waals surface area contributed by atoms with Gasteiger partial charge >= 0.3 is 5.97 Å². The van der Waals surface area contributed by atoms with Crippen LogP contribution in [0.3, 0.4) is 0 Å². The lowest BCUT2D eigenvalue weighted by atomic mass is 9.65. The van der Waals surface area contributed by atoms with Crippen molar-refractivity contribution >= 4 is 40.3 Å². The number of furan rings is 1. The topological polar surface area (TPSA) is 140 Å². The number of esters is 1. The van der Waals surface area contributed by atoms with Gasteiger partial charge in [-0.15, -0.1) is 0 Å². The molecular weight excluding hydrogens is 600 g/mol. The number of carbonyl (C=O) groups excluding carboxylic acids is 4. The van der Waals surface area contributed by atoms with E-state index in [9.17, 15) is 24.0 Å². The molecule has 2 saturated carbocycles. The third kappa shape index (κ3) is 7.66. The number of allylic oxidation sites excluding steroid dienone is 1. The standard InChI is InChI=1S/C36H44N4O7/c1-22-19-24-11-9-12-25(20-24)32(22)39(3)30(41)21-40-18-10-15-28(36(40)45)38-34(43)27(14-6-8-17-31(42)46-4)37-35(44)33-23(2)26-13-5-7-16-29(26)47-33/h5,7-8,10,13,15-18,22,24-25,27,32H,6,9,11-12,14,19-21H2,1-4H3,(H,37,44)(H,38,43)/b17-8+/t22?,24?,25?,27-,32?/m0/s1. The van der Waals surface area contributed by atoms with Gasteiger partial charge in [0.15, 0.2) is 5.76 Å². The maximum absolute atomic E-state index is 13.6. The van der Waals surface area contributed by atoms with Crippen LogP contribution in [-0.4, -0.2) is 59.4 Å². The minimum atomic E-state index is -1.08. The number of likely N-dealkylation sites (N-methyl/N-ethyl adjacent to an activating group) is 1. The number of benzene rings is 1. The molecule has 3 amide bonds. The first-order chi connectivity index (χ1) is 22.6. The van der Waals surface area contributed by atoms with Gasteiger partial charge in [0.25, 0.3) is 11.5 Å². The Morgan fingerprint density at radius 2 is 1.91 bits per heavy atom. The molecule has 2 heterocycles. The monoisotopic (exact) mass is 644 g/mol. The average Bonchev–Trinajstić information content (AvgIpc) is 3.40. The number of rotatable bonds is 11. The van der Waals surface area contributed by atoms with Crippen LogP contribution in [0.5, 0.6) is 0 Å². The highest BCUT2D eigenvalue weighted by Crippen LogP contribution is 2.44. The number of fused-ring (bicyclic) bond motifs is 3. The minimum Gasteiger partial charge on any atom is -0.466 e. The van der Waals surface area contributed by atoms with Gasteiger partial charge in [-0.05, 0) is 75.0 Å². The lowest BCUT2D eigenvalue weighted by Crippen LogP contribution is -2.51. The Labute approximate surface area is 274 Å². The van der Waals surface area contributed by atoms with E-state index in [0.29, 0.717) is 23.0 Å². The zero-order valence-electron chi connectivity index (χ0n) is 27.5. The van der Waals surface area contributed by atoms with Crippen molar-refractivity contribution in [3.05, 3.63) is 76.4 Å². The highest BCUT2D eigenvalue weighted by Gasteiger charge is 2.41. The second-order valence-corrected chi connectivity index (χ2v) is 12.9. The van der Waals surface area contributed by atoms with Crippen LogP contribution >= 0.6 is 0 Å². The van der Waals surface area contributed by atoms with Gasteiger partial charge < -0.3 is 29.3 Å². The van der Waals surface area contributed by atoms with Gasteiger partial charge in [-0.2, -0.15) is 0 Å². The zero-order chi connectivity index (χ0) is 33.7. The van der Waals surface area contributed by atoms with Gasteiger partial charge in [-0.1, -0.05) is 44.0 Å². The highest BCUT2D eigenvalue weighted by molar-refractivity contribution is 6.03. The van der Waals surface area contributed by atoms with E-state index in [-0.39, 0.29) is 42.8 Å². The Bertz CT molecular complexity index is 1720. The summed E-state index contributed by atoms with van der Waals surface area (Å²) in [5.41, 5.74) is 0.636. The summed E-state index contributed by atoms with van der Waals surface area (Å²) in [4.78, 5) is 67.2. The normalized spacial score (nSPS) is 21.3. The molecular formula is C36H44N4O7. The number of pyridine rings is 1. The average molecular weight is 645 g/mol. The number of ether oxygens (including phenoxy) is 1. The molecule has 2 N–H and O–H groups in total. The van der Waals surface area contributed by atoms with E-state index < -0.39 is 29.4 Å². The number of hydrogen-bond donors (Lipinski definition) is 2. The maximum atomic E-state index is 13.6. The smallest absolute Gasteiger partial charge is 0.330 e. The van der Waals surface area contributed by atoms with Crippen molar-refractivity contribution in [2.75, 3.05) is 19.5 Å². The van der Waals surface area contributed by atoms with Crippen LogP contribution < -0.4 is 16.2 Å². The van der Waals surface area contributed by atoms with Crippen molar-refractivity contribution in [3.8, 4) is 0 Å². The molecule has 47 heavy (non-hydrogen) atoms. The number of aryl methyl sites for hydroxylation is 1. The second kappa shape index (κ2) is 14.8. The fraction of sp³-hybridized carbons (Fsp3) is 0.472. The third-order valence-corrected chi connectivity index (χ3v) is 9.77. The summed E-state index contributed by atoms with van der Waals surface area (Å²) in [6, 6.07) is 9.38. The van der Waals surface area contributed by atoms with Gasteiger partial charge in [0, 0.05) is 36.3 Å². The molecule has 11 nitrogen and oxygen atoms in total. The Hall–Kier alpha value is -4.67. The molecule has 2 aliphatic rings. The first kappa shape index (κ1) is 33.7. The lowest BCUT2D eigenvalue weighted by molar-refractivity contribution is -0.137. The number of methoxy groups -OCH3 is 1. The fourth-order valence-corrected chi connectivity index (χ4v) is 7.48. The molecule has 5 rings (SSSR count). The number of hydrogen-bond acceptors (Lipinski definition) is 7. The molecule has 11 heteroatoms. The number of amides is 3. The predicted molar refractivity (Wildman–Crippen MR) is 178 cm³/mol. The van der Waals surface area contributed by atoms with E-state index in [1.165, 1.54) is 42.9 Å². The molecule has 250 valence electrons. The second-order valence-electron chi connectivity index (χ2n) is 12.9. The SMILES string of the molecule is COC(=O)/C=C/CC[C@H](NC(=O)c1oc2ccccc2c1C)C(=O)Nc1cccn(CC(=O)N(C)C2C(C)CC3CCCC2C3)c1=O. The van der Waals surface area contributed by atoms with Crippen molar-refractivity contribution in [1.82, 2.24) is 14.8 Å². The summed E-state index contributed by atoms with van der Waals surface area (Å²) in [5, 5.41) is 6.17. The Balaban J connectivity index is 1.30. The third-order valence-electron chi connectivity index (χ3n) is 9.77. The zero-order valence-corrected chi connectivity index (χ0v) is 27.5. The summed E-state index contributed by atoms with van der Waals surface area (Å²) in [6.45, 7) is 3.83. The molecule has 2 aromatic heterocycles. The number of anilines is 1. The van der Waals surface area contributed by atoms with Crippen LogP contribution in [-0.2, 0) is 25.7 Å². The molecule has 0 radical (unpaired) electrons. The first-order valence-electron chi connectivity index (χ1n) is 16.4. The van der Waals surface area contributed by atoms with Gasteiger partial charge in [0.05, 0.1) is 7.11 Å². The van der Waals surface area contributed by atoms with Gasteiger partial charge in [0.1, 0.15) is 23.9 Å². The quantitative estimate of drug-likeness (QED) is 0.225. The van der Waals surface area contributed by atoms with Crippen LogP contribution in [0.1, 0.15) is 68.0 Å². The van der Waals surface area contributed by atoms with Crippen molar-refractivity contribution < 1.29 is 28.3 Å². The molecule has 5 atom stereocenters. The van der Waals surface area contributed by atoms with Crippen LogP contribution in [0.15, 0.2) is 64.0 Å². The van der Waals surface area contributed by atoms with Gasteiger partial charge in [-0.25, -0.2) is 4.79 Å². The van der Waals surface area contributed by atoms with Crippen LogP contribution in [0.25, 0.3) is 11.0 Å². The first-order valence-corrected chi connectivity index (χ1v) is 16.4. The van der Waals surface area contributed by atoms with Crippen molar-refractivity contribution in [1.29, 1.82) is 0 Å². The maximum Gasteiger partial charge on any atom is 0.330 e. The number of nitrogens with zero attached hydrogens (tertiary/aromatic N) is 2. The summed E-state index contributed by atoms with van der Waals surface area (Å²) in [5.74, 6) is -0.212. The summed E-state index contributed by atoms with van der Waals surface area (Å²) in [7, 11) is 3.10. The number of nitrogens with one attached hydrogen (secondary N) is 2. The molecule has 0 spiro atoms. The van der Waals surface area contributed by atoms with Gasteiger partial charge in [-0.3, -0.25) is 19.2 Å². The molecule has 2 bridgehead atoms. The summed E-state index contributed by atoms with van der Waals surface area (Å²) >= 11 is 0. The fourth-order valence-electron chi connectivity index (χ4n) is 7.48. The van der Waals surface area contributed by atoms with Crippen LogP contribution in [0.2, 0.25) is 0 Å². The molecule has 0 aliphatic heterocycles.